The van der Waals surface area contributed by atoms with Gasteiger partial charge in [-0.25, -0.2) is 0 Å². The van der Waals surface area contributed by atoms with Gasteiger partial charge in [-0.3, -0.25) is 4.79 Å². The van der Waals surface area contributed by atoms with Crippen molar-refractivity contribution in [1.82, 2.24) is 5.32 Å². The Hall–Kier alpha value is -2.89. The first kappa shape index (κ1) is 18.9. The number of nitrogens with one attached hydrogen (secondary N) is 1. The van der Waals surface area contributed by atoms with Gasteiger partial charge in [0.1, 0.15) is 17.2 Å². The molecule has 0 aromatic heterocycles. The summed E-state index contributed by atoms with van der Waals surface area (Å²) in [5.74, 6) is 2.28. The summed E-state index contributed by atoms with van der Waals surface area (Å²) in [7, 11) is 4.82. The first-order valence-corrected chi connectivity index (χ1v) is 9.04. The highest BCUT2D eigenvalue weighted by molar-refractivity contribution is 5.97. The average Bonchev–Trinajstić information content (AvgIpc) is 3.20. The van der Waals surface area contributed by atoms with Gasteiger partial charge in [0.05, 0.1) is 32.6 Å². The van der Waals surface area contributed by atoms with E-state index < -0.39 is 0 Å². The van der Waals surface area contributed by atoms with E-state index in [1.54, 1.807) is 39.5 Å². The molecule has 6 nitrogen and oxygen atoms in total. The molecule has 3 rings (SSSR count). The molecule has 0 spiro atoms. The van der Waals surface area contributed by atoms with Crippen LogP contribution in [-0.2, 0) is 0 Å². The third-order valence-corrected chi connectivity index (χ3v) is 4.91. The Morgan fingerprint density at radius 2 is 1.85 bits per heavy atom. The summed E-state index contributed by atoms with van der Waals surface area (Å²) in [5.41, 5.74) is 1.58. The summed E-state index contributed by atoms with van der Waals surface area (Å²) in [6, 6.07) is 13.2. The van der Waals surface area contributed by atoms with Crippen LogP contribution in [0.4, 0.5) is 5.69 Å². The Labute approximate surface area is 160 Å². The first-order valence-electron chi connectivity index (χ1n) is 9.04. The maximum atomic E-state index is 12.6. The van der Waals surface area contributed by atoms with Gasteiger partial charge < -0.3 is 24.4 Å². The number of para-hydroxylation sites is 2. The van der Waals surface area contributed by atoms with Gasteiger partial charge >= 0.3 is 0 Å². The van der Waals surface area contributed by atoms with E-state index in [-0.39, 0.29) is 5.91 Å². The maximum Gasteiger partial charge on any atom is 0.255 e. The van der Waals surface area contributed by atoms with Gasteiger partial charge in [0.25, 0.3) is 5.91 Å². The zero-order chi connectivity index (χ0) is 19.2. The van der Waals surface area contributed by atoms with Crippen LogP contribution in [0.3, 0.4) is 0 Å². The summed E-state index contributed by atoms with van der Waals surface area (Å²) in [6.07, 6.45) is 1.02. The van der Waals surface area contributed by atoms with E-state index in [4.69, 9.17) is 14.2 Å². The average molecular weight is 370 g/mol. The van der Waals surface area contributed by atoms with Crippen molar-refractivity contribution in [3.05, 3.63) is 48.0 Å². The lowest BCUT2D eigenvalue weighted by Gasteiger charge is -2.21. The monoisotopic (exact) mass is 370 g/mol. The Kier molecular flexibility index (Phi) is 6.06. The van der Waals surface area contributed by atoms with Crippen LogP contribution in [0.5, 0.6) is 17.2 Å². The van der Waals surface area contributed by atoms with Crippen LogP contribution in [-0.4, -0.2) is 46.9 Å². The van der Waals surface area contributed by atoms with Crippen LogP contribution in [0.2, 0.25) is 0 Å². The number of hydrogen-bond donors (Lipinski definition) is 1. The highest BCUT2D eigenvalue weighted by Gasteiger charge is 2.25. The number of nitrogens with zero attached hydrogens (tertiary/aromatic N) is 1. The normalized spacial score (nSPS) is 16.1. The fourth-order valence-corrected chi connectivity index (χ4v) is 3.43. The molecule has 27 heavy (non-hydrogen) atoms. The van der Waals surface area contributed by atoms with Crippen LogP contribution in [0.1, 0.15) is 16.8 Å². The standard InChI is InChI=1S/C21H26N2O4/c1-25-16-8-9-19(26-2)17(12-16)21(24)22-13-15-10-11-23(14-15)18-6-4-5-7-20(18)27-3/h4-9,12,15H,10-11,13-14H2,1-3H3,(H,22,24)/t15-/m0/s1. The smallest absolute Gasteiger partial charge is 0.255 e. The van der Waals surface area contributed by atoms with Crippen molar-refractivity contribution in [3.63, 3.8) is 0 Å². The molecule has 1 aliphatic heterocycles. The largest absolute Gasteiger partial charge is 0.497 e. The number of benzene rings is 2. The highest BCUT2D eigenvalue weighted by atomic mass is 16.5. The number of rotatable bonds is 7. The molecule has 0 unspecified atom stereocenters. The molecule has 0 radical (unpaired) electrons. The molecule has 1 atom stereocenters. The van der Waals surface area contributed by atoms with E-state index in [0.29, 0.717) is 29.5 Å². The second kappa shape index (κ2) is 8.66. The van der Waals surface area contributed by atoms with Crippen LogP contribution in [0.25, 0.3) is 0 Å². The lowest BCUT2D eigenvalue weighted by Crippen LogP contribution is -2.31. The predicted molar refractivity (Wildman–Crippen MR) is 105 cm³/mol. The topological polar surface area (TPSA) is 60.0 Å². The number of amides is 1. The van der Waals surface area contributed by atoms with Crippen LogP contribution in [0, 0.1) is 5.92 Å². The number of carbonyl (C=O) groups excluding carboxylic acids is 1. The van der Waals surface area contributed by atoms with Crippen LogP contribution in [0.15, 0.2) is 42.5 Å². The minimum absolute atomic E-state index is 0.151. The minimum atomic E-state index is -0.151. The van der Waals surface area contributed by atoms with Gasteiger partial charge in [0.2, 0.25) is 0 Å². The summed E-state index contributed by atoms with van der Waals surface area (Å²) < 4.78 is 16.0. The fourth-order valence-electron chi connectivity index (χ4n) is 3.43. The van der Waals surface area contributed by atoms with E-state index >= 15 is 0 Å². The number of carbonyl (C=O) groups is 1. The molecule has 0 aliphatic carbocycles. The molecular formula is C21H26N2O4. The molecule has 144 valence electrons. The van der Waals surface area contributed by atoms with E-state index in [2.05, 4.69) is 16.3 Å². The van der Waals surface area contributed by atoms with Crippen molar-refractivity contribution in [3.8, 4) is 17.2 Å². The third-order valence-electron chi connectivity index (χ3n) is 4.91. The first-order chi connectivity index (χ1) is 13.2. The third kappa shape index (κ3) is 4.27. The molecule has 2 aromatic carbocycles. The van der Waals surface area contributed by atoms with Gasteiger partial charge in [0.15, 0.2) is 0 Å². The second-order valence-electron chi connectivity index (χ2n) is 6.55. The molecule has 1 saturated heterocycles. The molecular weight excluding hydrogens is 344 g/mol. The lowest BCUT2D eigenvalue weighted by molar-refractivity contribution is 0.0945. The summed E-state index contributed by atoms with van der Waals surface area (Å²) in [6.45, 7) is 2.45. The number of ether oxygens (including phenoxy) is 3. The molecule has 1 heterocycles. The van der Waals surface area contributed by atoms with Gasteiger partial charge in [-0.2, -0.15) is 0 Å². The van der Waals surface area contributed by atoms with Crippen LogP contribution >= 0.6 is 0 Å². The number of hydrogen-bond acceptors (Lipinski definition) is 5. The quantitative estimate of drug-likeness (QED) is 0.812. The van der Waals surface area contributed by atoms with E-state index in [9.17, 15) is 4.79 Å². The van der Waals surface area contributed by atoms with Crippen molar-refractivity contribution < 1.29 is 19.0 Å². The summed E-state index contributed by atoms with van der Waals surface area (Å²) in [4.78, 5) is 14.9. The molecule has 2 aromatic rings. The van der Waals surface area contributed by atoms with Crippen molar-refractivity contribution >= 4 is 11.6 Å². The molecule has 1 aliphatic rings. The van der Waals surface area contributed by atoms with Crippen molar-refractivity contribution in [1.29, 1.82) is 0 Å². The highest BCUT2D eigenvalue weighted by Crippen LogP contribution is 2.32. The zero-order valence-corrected chi connectivity index (χ0v) is 16.0. The molecule has 1 fully saturated rings. The van der Waals surface area contributed by atoms with Crippen molar-refractivity contribution in [2.24, 2.45) is 5.92 Å². The molecule has 0 bridgehead atoms. The predicted octanol–water partition coefficient (Wildman–Crippen LogP) is 2.97. The van der Waals surface area contributed by atoms with Gasteiger partial charge in [-0.1, -0.05) is 12.1 Å². The Morgan fingerprint density at radius 3 is 2.59 bits per heavy atom. The Morgan fingerprint density at radius 1 is 1.07 bits per heavy atom. The second-order valence-corrected chi connectivity index (χ2v) is 6.55. The number of anilines is 1. The summed E-state index contributed by atoms with van der Waals surface area (Å²) >= 11 is 0. The summed E-state index contributed by atoms with van der Waals surface area (Å²) in [5, 5.41) is 3.04. The Bertz CT molecular complexity index is 794. The zero-order valence-electron chi connectivity index (χ0n) is 16.0. The molecule has 6 heteroatoms. The SMILES string of the molecule is COc1ccc(OC)c(C(=O)NC[C@@H]2CCN(c3ccccc3OC)C2)c1. The van der Waals surface area contributed by atoms with Gasteiger partial charge in [0, 0.05) is 19.6 Å². The van der Waals surface area contributed by atoms with Crippen molar-refractivity contribution in [2.75, 3.05) is 45.9 Å². The van der Waals surface area contributed by atoms with Crippen molar-refractivity contribution in [2.45, 2.75) is 6.42 Å². The maximum absolute atomic E-state index is 12.6. The van der Waals surface area contributed by atoms with E-state index in [0.717, 1.165) is 30.9 Å². The molecule has 1 N–H and O–H groups in total. The minimum Gasteiger partial charge on any atom is -0.497 e. The van der Waals surface area contributed by atoms with E-state index in [1.165, 1.54) is 0 Å². The molecule has 0 saturated carbocycles. The molecule has 1 amide bonds. The Balaban J connectivity index is 1.61. The lowest BCUT2D eigenvalue weighted by atomic mass is 10.1. The van der Waals surface area contributed by atoms with Crippen LogP contribution < -0.4 is 24.4 Å². The fraction of sp³-hybridized carbons (Fsp3) is 0.381. The van der Waals surface area contributed by atoms with Gasteiger partial charge in [-0.05, 0) is 42.7 Å². The van der Waals surface area contributed by atoms with E-state index in [1.807, 2.05) is 18.2 Å². The number of methoxy groups -OCH3 is 3. The van der Waals surface area contributed by atoms with Gasteiger partial charge in [-0.15, -0.1) is 0 Å².